The molecule has 0 aliphatic carbocycles. The lowest BCUT2D eigenvalue weighted by atomic mass is 9.92. The van der Waals surface area contributed by atoms with Gasteiger partial charge in [0.1, 0.15) is 238 Å². The summed E-state index contributed by atoms with van der Waals surface area (Å²) in [6.07, 6.45) is -86.2. The lowest BCUT2D eigenvalue weighted by Gasteiger charge is -2.51. The highest BCUT2D eigenvalue weighted by Gasteiger charge is 2.62. The van der Waals surface area contributed by atoms with Gasteiger partial charge in [-0.1, -0.05) is 0 Å². The van der Waals surface area contributed by atoms with Gasteiger partial charge in [-0.25, -0.2) is 0 Å². The first-order chi connectivity index (χ1) is 61.0. The van der Waals surface area contributed by atoms with E-state index in [1.165, 1.54) is 6.92 Å². The normalized spacial score (nSPS) is 47.5. The zero-order chi connectivity index (χ0) is 95.1. The van der Waals surface area contributed by atoms with Crippen LogP contribution in [0.15, 0.2) is 0 Å². The Bertz CT molecular complexity index is 3570. The van der Waals surface area contributed by atoms with Crippen LogP contribution in [0.1, 0.15) is 48.5 Å². The van der Waals surface area contributed by atoms with Crippen LogP contribution in [0.3, 0.4) is 0 Å². The van der Waals surface area contributed by atoms with E-state index in [1.54, 1.807) is 0 Å². The Morgan fingerprint density at radius 2 is 0.403 bits per heavy atom. The van der Waals surface area contributed by atoms with Crippen molar-refractivity contribution in [3.8, 4) is 0 Å². The third-order valence-corrected chi connectivity index (χ3v) is 23.5. The molecule has 56 heteroatoms. The molecule has 21 unspecified atom stereocenters. The summed E-state index contributed by atoms with van der Waals surface area (Å²) in [5, 5.41) is 295. The maximum atomic E-state index is 13.0. The Hall–Kier alpha value is -4.94. The third kappa shape index (κ3) is 24.0. The van der Waals surface area contributed by atoms with Crippen molar-refractivity contribution < 1.29 is 246 Å². The summed E-state index contributed by atoms with van der Waals surface area (Å²) >= 11 is 0. The fraction of sp³-hybridized carbons (Fsp3) is 0.918. The van der Waals surface area contributed by atoms with Gasteiger partial charge >= 0.3 is 0 Å². The second kappa shape index (κ2) is 46.7. The maximum Gasteiger partial charge on any atom is 0.217 e. The van der Waals surface area contributed by atoms with Gasteiger partial charge in [0.15, 0.2) is 56.6 Å². The SMILES string of the molecule is CC(=O)NC1[C@H](O[C@@H]2C(O)[C@H](O[C@H]3C(CO)O[C@@H](O[C@@H]4C(O)[C@H](O[C@@H]5C(NC(C)=O)C(C)OC(CO[C@@H]6OC(CO)[C@H](O[C@@H]7OC(CO)[C@H](O)[C@H](O[C@@H]8OC(CO)[C@H](O[C@@H]9OC(CO)[C@H](O)[C@H](O[C@@H]%10OC(CO)[C@H](O)[C@H](O)C%10NC(C)=O)C9O)[C@H](O)C8NC(C)=O)C7O)[C@H](O)C6NC(C)=O)[C@@H]5O)OC(CO)[C@@H]4O)C(NC(C)=O)[C@H]3O)OC(CO)[C@@H]2O)OC(CO)[C@H](O)[C@@H]1O. The van der Waals surface area contributed by atoms with Gasteiger partial charge < -0.3 is 250 Å². The van der Waals surface area contributed by atoms with E-state index >= 15 is 0 Å². The number of hydrogen-bond donors (Lipinski definition) is 31. The molecule has 6 amide bonds. The van der Waals surface area contributed by atoms with E-state index in [0.717, 1.165) is 41.5 Å². The van der Waals surface area contributed by atoms with Crippen LogP contribution in [0, 0.1) is 0 Å². The average Bonchev–Trinajstić information content (AvgIpc) is 0.759. The van der Waals surface area contributed by atoms with Crippen molar-refractivity contribution in [3.63, 3.8) is 0 Å². The quantitative estimate of drug-likeness (QED) is 0.0284. The van der Waals surface area contributed by atoms with E-state index in [9.17, 15) is 156 Å². The molecule has 50 atom stereocenters. The topological polar surface area (TPSA) is 856 Å². The standard InChI is InChI=1S/C73H122N6O50/c1-18-35(74-19(2)89)60(125-73-56(110)64(46(100)30(13-85)118-73)129-69-40(79-24(7)94)52(106)59(33(16-88)121-69)124-72-54(108)62(44(98)28(11-83)117-72)127-67-37(76-21(4)91)49(103)42(96)26(9-81)114-67)47(101)34(112-18)17-111-65-38(77-22(5)92)50(104)57(31(14-86)119-65)122-70-55(109)63(45(99)29(12-84)115-70)128-68-39(78-23(6)93)51(105)58(32(15-87)120-68)123-71-53(107)61(43(97)27(10-82)116-71)126-66-36(75-20(3)90)48(102)41(95)25(8-80)113-66/h18,25-73,80-88,95-110H,8-17H2,1-7H3,(H,74,89)(H,75,90)(H,76,91)(H,77,92)(H,78,93)(H,79,94)/t18?,25?,26?,27?,28?,29?,30?,31?,32?,33?,34?,35?,36?,37?,38?,39?,40?,41-,42-,43-,44-,45-,46-,47-,48+,49+,50+,51+,52+,53?,54?,55?,56?,57-,58-,59-,60+,61-,62-,63-,64-,65+,66-,67-,68-,69-,70-,71-,72-,73-/m0/s1. The lowest BCUT2D eigenvalue weighted by Crippen LogP contribution is -2.71. The minimum absolute atomic E-state index is 0.760. The minimum Gasteiger partial charge on any atom is -0.394 e. The molecule has 0 aromatic rings. The predicted molar refractivity (Wildman–Crippen MR) is 403 cm³/mol. The second-order valence-electron chi connectivity index (χ2n) is 32.8. The molecule has 10 rings (SSSR count). The first-order valence-corrected chi connectivity index (χ1v) is 41.4. The number of amides is 6. The Balaban J connectivity index is 0.818. The number of hydrogen-bond acceptors (Lipinski definition) is 50. The van der Waals surface area contributed by atoms with Crippen molar-refractivity contribution >= 4 is 35.4 Å². The smallest absolute Gasteiger partial charge is 0.217 e. The summed E-state index contributed by atoms with van der Waals surface area (Å²) in [5.74, 6) is -5.06. The number of nitrogens with one attached hydrogen (secondary N) is 6. The monoisotopic (exact) mass is 1880 g/mol. The van der Waals surface area contributed by atoms with Gasteiger partial charge in [0, 0.05) is 41.5 Å². The molecule has 0 saturated carbocycles. The van der Waals surface area contributed by atoms with Gasteiger partial charge in [0.2, 0.25) is 35.4 Å². The van der Waals surface area contributed by atoms with E-state index in [4.69, 9.17) is 90.0 Å². The highest BCUT2D eigenvalue weighted by atomic mass is 16.8. The first-order valence-electron chi connectivity index (χ1n) is 41.4. The summed E-state index contributed by atoms with van der Waals surface area (Å²) in [7, 11) is 0. The molecule has 0 spiro atoms. The van der Waals surface area contributed by atoms with Gasteiger partial charge in [-0.3, -0.25) is 28.8 Å². The molecular formula is C73H122N6O50. The van der Waals surface area contributed by atoms with Crippen molar-refractivity contribution in [2.75, 3.05) is 66.1 Å². The molecule has 10 aliphatic rings. The molecule has 0 aromatic heterocycles. The van der Waals surface area contributed by atoms with Crippen LogP contribution in [-0.4, -0.2) is 536 Å². The lowest BCUT2D eigenvalue weighted by molar-refractivity contribution is -0.383. The van der Waals surface area contributed by atoms with Crippen LogP contribution in [-0.2, 0) is 119 Å². The summed E-state index contributed by atoms with van der Waals surface area (Å²) in [6, 6.07) is -10.3. The minimum atomic E-state index is -2.33. The fourth-order valence-electron chi connectivity index (χ4n) is 17.0. The molecule has 10 heterocycles. The van der Waals surface area contributed by atoms with E-state index < -0.39 is 408 Å². The van der Waals surface area contributed by atoms with Crippen LogP contribution in [0.4, 0.5) is 0 Å². The van der Waals surface area contributed by atoms with Gasteiger partial charge in [-0.2, -0.15) is 0 Å². The number of aliphatic hydroxyl groups excluding tert-OH is 25. The number of rotatable bonds is 34. The molecule has 31 N–H and O–H groups in total. The number of carbonyl (C=O) groups is 6. The fourth-order valence-corrected chi connectivity index (χ4v) is 17.0. The van der Waals surface area contributed by atoms with Crippen LogP contribution >= 0.6 is 0 Å². The van der Waals surface area contributed by atoms with Crippen LogP contribution in [0.2, 0.25) is 0 Å². The third-order valence-electron chi connectivity index (χ3n) is 23.5. The van der Waals surface area contributed by atoms with Crippen molar-refractivity contribution in [2.45, 2.75) is 355 Å². The second-order valence-corrected chi connectivity index (χ2v) is 32.8. The molecule has 744 valence electrons. The Kier molecular flexibility index (Phi) is 38.4. The Morgan fingerprint density at radius 1 is 0.209 bits per heavy atom. The number of carbonyl (C=O) groups excluding carboxylic acids is 6. The zero-order valence-corrected chi connectivity index (χ0v) is 70.3. The summed E-state index contributed by atoms with van der Waals surface area (Å²) in [4.78, 5) is 76.3. The van der Waals surface area contributed by atoms with E-state index in [-0.39, 0.29) is 0 Å². The van der Waals surface area contributed by atoms with Crippen LogP contribution in [0.25, 0.3) is 0 Å². The summed E-state index contributed by atoms with van der Waals surface area (Å²) in [5.41, 5.74) is 0. The van der Waals surface area contributed by atoms with E-state index in [1.807, 2.05) is 0 Å². The number of aliphatic hydroxyl groups is 25. The molecule has 129 heavy (non-hydrogen) atoms. The Labute approximate surface area is 732 Å². The molecular weight excluding hydrogens is 1760 g/mol. The van der Waals surface area contributed by atoms with Gasteiger partial charge in [0.05, 0.1) is 78.2 Å². The predicted octanol–water partition coefficient (Wildman–Crippen LogP) is -20.9. The van der Waals surface area contributed by atoms with Gasteiger partial charge in [0.25, 0.3) is 0 Å². The molecule has 10 saturated heterocycles. The maximum absolute atomic E-state index is 13.0. The summed E-state index contributed by atoms with van der Waals surface area (Å²) in [6.45, 7) is -2.95. The molecule has 0 aromatic carbocycles. The molecule has 10 aliphatic heterocycles. The molecule has 0 radical (unpaired) electrons. The van der Waals surface area contributed by atoms with Crippen molar-refractivity contribution in [1.82, 2.24) is 31.9 Å². The highest BCUT2D eigenvalue weighted by Crippen LogP contribution is 2.41. The van der Waals surface area contributed by atoms with Gasteiger partial charge in [-0.05, 0) is 6.92 Å². The zero-order valence-electron chi connectivity index (χ0n) is 70.3. The summed E-state index contributed by atoms with van der Waals surface area (Å²) < 4.78 is 113. The van der Waals surface area contributed by atoms with Crippen molar-refractivity contribution in [2.24, 2.45) is 0 Å². The van der Waals surface area contributed by atoms with Crippen molar-refractivity contribution in [3.05, 3.63) is 0 Å². The first kappa shape index (κ1) is 106. The molecule has 56 nitrogen and oxygen atoms in total. The largest absolute Gasteiger partial charge is 0.394 e. The van der Waals surface area contributed by atoms with E-state index in [0.29, 0.717) is 0 Å². The van der Waals surface area contributed by atoms with E-state index in [2.05, 4.69) is 31.9 Å². The average molecular weight is 1880 g/mol. The molecule has 0 bridgehead atoms. The number of ether oxygens (including phenoxy) is 19. The Morgan fingerprint density at radius 3 is 0.659 bits per heavy atom. The van der Waals surface area contributed by atoms with Gasteiger partial charge in [-0.15, -0.1) is 0 Å². The highest BCUT2D eigenvalue weighted by molar-refractivity contribution is 5.75. The molecule has 10 fully saturated rings. The van der Waals surface area contributed by atoms with Crippen LogP contribution < -0.4 is 31.9 Å². The van der Waals surface area contributed by atoms with Crippen LogP contribution in [0.5, 0.6) is 0 Å². The van der Waals surface area contributed by atoms with Crippen molar-refractivity contribution in [1.29, 1.82) is 0 Å².